The van der Waals surface area contributed by atoms with Crippen LogP contribution < -0.4 is 10.1 Å². The average Bonchev–Trinajstić information content (AvgIpc) is 2.65. The van der Waals surface area contributed by atoms with Gasteiger partial charge in [0.05, 0.1) is 6.54 Å². The number of carbonyl (C=O) groups excluding carboxylic acids is 2. The normalized spacial score (nSPS) is 13.3. The topological polar surface area (TPSA) is 58.6 Å². The molecule has 3 rings (SSSR count). The van der Waals surface area contributed by atoms with Gasteiger partial charge in [0.2, 0.25) is 5.91 Å². The second-order valence-corrected chi connectivity index (χ2v) is 5.92. The van der Waals surface area contributed by atoms with Crippen LogP contribution in [0, 0.1) is 0 Å². The molecular weight excluding hydrogens is 342 g/mol. The Kier molecular flexibility index (Phi) is 5.46. The van der Waals surface area contributed by atoms with Crippen molar-refractivity contribution in [3.05, 3.63) is 65.2 Å². The van der Waals surface area contributed by atoms with Gasteiger partial charge in [0.25, 0.3) is 5.91 Å². The summed E-state index contributed by atoms with van der Waals surface area (Å²) in [6.07, 6.45) is 0.781. The van der Waals surface area contributed by atoms with E-state index in [2.05, 4.69) is 10.1 Å². The predicted octanol–water partition coefficient (Wildman–Crippen LogP) is 2.60. The summed E-state index contributed by atoms with van der Waals surface area (Å²) >= 11 is 0. The molecule has 1 heterocycles. The Morgan fingerprint density at radius 1 is 1.12 bits per heavy atom. The van der Waals surface area contributed by atoms with Crippen molar-refractivity contribution in [3.8, 4) is 5.75 Å². The number of hydrogen-bond acceptors (Lipinski definition) is 3. The minimum Gasteiger partial charge on any atom is -0.435 e. The van der Waals surface area contributed by atoms with Crippen LogP contribution in [-0.4, -0.2) is 36.4 Å². The van der Waals surface area contributed by atoms with Gasteiger partial charge in [-0.05, 0) is 35.7 Å². The fourth-order valence-electron chi connectivity index (χ4n) is 2.89. The zero-order valence-corrected chi connectivity index (χ0v) is 14.0. The minimum absolute atomic E-state index is 0.105. The number of nitrogens with zero attached hydrogens (tertiary/aromatic N) is 1. The standard InChI is InChI=1S/C19H18F2N2O3/c20-19(21)26-16-7-3-6-14(10-16)18(25)22-11-17(24)23-9-8-13-4-1-2-5-15(13)12-23/h1-7,10,19H,8-9,11-12H2,(H,22,25). The van der Waals surface area contributed by atoms with E-state index in [0.717, 1.165) is 12.0 Å². The van der Waals surface area contributed by atoms with Crippen molar-refractivity contribution in [2.75, 3.05) is 13.1 Å². The van der Waals surface area contributed by atoms with Crippen molar-refractivity contribution in [1.82, 2.24) is 10.2 Å². The molecule has 2 amide bonds. The smallest absolute Gasteiger partial charge is 0.387 e. The summed E-state index contributed by atoms with van der Waals surface area (Å²) in [6.45, 7) is -2.00. The number of alkyl halides is 2. The highest BCUT2D eigenvalue weighted by molar-refractivity contribution is 5.96. The maximum absolute atomic E-state index is 12.3. The molecule has 2 aromatic carbocycles. The first-order valence-corrected chi connectivity index (χ1v) is 8.20. The number of fused-ring (bicyclic) bond motifs is 1. The van der Waals surface area contributed by atoms with Crippen LogP contribution in [0.3, 0.4) is 0 Å². The van der Waals surface area contributed by atoms with Crippen LogP contribution in [0.1, 0.15) is 21.5 Å². The van der Waals surface area contributed by atoms with Gasteiger partial charge in [-0.15, -0.1) is 0 Å². The lowest BCUT2D eigenvalue weighted by molar-refractivity contribution is -0.131. The lowest BCUT2D eigenvalue weighted by Gasteiger charge is -2.29. The van der Waals surface area contributed by atoms with Crippen LogP contribution in [0.2, 0.25) is 0 Å². The van der Waals surface area contributed by atoms with Gasteiger partial charge in [-0.25, -0.2) is 0 Å². The van der Waals surface area contributed by atoms with E-state index >= 15 is 0 Å². The summed E-state index contributed by atoms with van der Waals surface area (Å²) in [5, 5.41) is 2.53. The van der Waals surface area contributed by atoms with E-state index in [-0.39, 0.29) is 23.8 Å². The number of nitrogens with one attached hydrogen (secondary N) is 1. The molecule has 1 aliphatic heterocycles. The average molecular weight is 360 g/mol. The summed E-state index contributed by atoms with van der Waals surface area (Å²) in [4.78, 5) is 26.2. The van der Waals surface area contributed by atoms with Gasteiger partial charge in [0, 0.05) is 18.7 Å². The minimum atomic E-state index is -2.96. The van der Waals surface area contributed by atoms with E-state index in [9.17, 15) is 18.4 Å². The third-order valence-corrected chi connectivity index (χ3v) is 4.20. The van der Waals surface area contributed by atoms with Gasteiger partial charge < -0.3 is 15.0 Å². The monoisotopic (exact) mass is 360 g/mol. The largest absolute Gasteiger partial charge is 0.435 e. The fraction of sp³-hybridized carbons (Fsp3) is 0.263. The molecule has 136 valence electrons. The van der Waals surface area contributed by atoms with E-state index in [1.165, 1.54) is 29.8 Å². The lowest BCUT2D eigenvalue weighted by Crippen LogP contribution is -2.42. The molecule has 1 N–H and O–H groups in total. The maximum Gasteiger partial charge on any atom is 0.387 e. The summed E-state index contributed by atoms with van der Waals surface area (Å²) in [6, 6.07) is 13.4. The van der Waals surface area contributed by atoms with Crippen molar-refractivity contribution < 1.29 is 23.1 Å². The highest BCUT2D eigenvalue weighted by Crippen LogP contribution is 2.18. The molecule has 0 atom stereocenters. The van der Waals surface area contributed by atoms with Gasteiger partial charge in [-0.3, -0.25) is 9.59 Å². The number of hydrogen-bond donors (Lipinski definition) is 1. The van der Waals surface area contributed by atoms with Crippen LogP contribution in [0.4, 0.5) is 8.78 Å². The molecule has 1 aliphatic rings. The van der Waals surface area contributed by atoms with Crippen molar-refractivity contribution in [2.24, 2.45) is 0 Å². The number of halogens is 2. The Morgan fingerprint density at radius 2 is 1.88 bits per heavy atom. The zero-order valence-electron chi connectivity index (χ0n) is 14.0. The zero-order chi connectivity index (χ0) is 18.5. The second kappa shape index (κ2) is 7.95. The van der Waals surface area contributed by atoms with E-state index in [4.69, 9.17) is 0 Å². The third-order valence-electron chi connectivity index (χ3n) is 4.20. The second-order valence-electron chi connectivity index (χ2n) is 5.92. The van der Waals surface area contributed by atoms with E-state index in [1.54, 1.807) is 4.90 Å². The van der Waals surface area contributed by atoms with E-state index in [1.807, 2.05) is 24.3 Å². The molecule has 0 unspecified atom stereocenters. The Morgan fingerprint density at radius 3 is 2.65 bits per heavy atom. The van der Waals surface area contributed by atoms with Crippen LogP contribution in [0.5, 0.6) is 5.75 Å². The van der Waals surface area contributed by atoms with Gasteiger partial charge in [-0.2, -0.15) is 8.78 Å². The van der Waals surface area contributed by atoms with Crippen molar-refractivity contribution >= 4 is 11.8 Å². The van der Waals surface area contributed by atoms with Crippen molar-refractivity contribution in [3.63, 3.8) is 0 Å². The van der Waals surface area contributed by atoms with Crippen molar-refractivity contribution in [1.29, 1.82) is 0 Å². The number of rotatable bonds is 5. The molecule has 26 heavy (non-hydrogen) atoms. The fourth-order valence-corrected chi connectivity index (χ4v) is 2.89. The molecule has 7 heteroatoms. The molecule has 0 saturated carbocycles. The number of benzene rings is 2. The number of amides is 2. The molecule has 0 saturated heterocycles. The third kappa shape index (κ3) is 4.36. The Balaban J connectivity index is 1.56. The highest BCUT2D eigenvalue weighted by atomic mass is 19.3. The Hall–Kier alpha value is -2.96. The van der Waals surface area contributed by atoms with Gasteiger partial charge in [0.15, 0.2) is 0 Å². The van der Waals surface area contributed by atoms with Crippen LogP contribution in [0.25, 0.3) is 0 Å². The Labute approximate surface area is 149 Å². The summed E-state index contributed by atoms with van der Waals surface area (Å²) < 4.78 is 28.8. The first-order chi connectivity index (χ1) is 12.5. The highest BCUT2D eigenvalue weighted by Gasteiger charge is 2.20. The summed E-state index contributed by atoms with van der Waals surface area (Å²) in [5.41, 5.74) is 2.49. The lowest BCUT2D eigenvalue weighted by atomic mass is 10.00. The molecule has 0 bridgehead atoms. The van der Waals surface area contributed by atoms with Gasteiger partial charge in [-0.1, -0.05) is 30.3 Å². The molecule has 0 aromatic heterocycles. The molecule has 2 aromatic rings. The first kappa shape index (κ1) is 17.8. The molecule has 0 aliphatic carbocycles. The SMILES string of the molecule is O=C(NCC(=O)N1CCc2ccccc2C1)c1cccc(OC(F)F)c1. The van der Waals surface area contributed by atoms with Crippen LogP contribution in [0.15, 0.2) is 48.5 Å². The molecule has 5 nitrogen and oxygen atoms in total. The maximum atomic E-state index is 12.3. The summed E-state index contributed by atoms with van der Waals surface area (Å²) in [7, 11) is 0. The van der Waals surface area contributed by atoms with Gasteiger partial charge >= 0.3 is 6.61 Å². The predicted molar refractivity (Wildman–Crippen MR) is 91.0 cm³/mol. The van der Waals surface area contributed by atoms with Crippen LogP contribution in [-0.2, 0) is 17.8 Å². The number of carbonyl (C=O) groups is 2. The van der Waals surface area contributed by atoms with Gasteiger partial charge in [0.1, 0.15) is 5.75 Å². The molecule has 0 radical (unpaired) electrons. The summed E-state index contributed by atoms with van der Waals surface area (Å²) in [5.74, 6) is -0.810. The molecule has 0 spiro atoms. The first-order valence-electron chi connectivity index (χ1n) is 8.20. The van der Waals surface area contributed by atoms with E-state index in [0.29, 0.717) is 13.1 Å². The molecular formula is C19H18F2N2O3. The van der Waals surface area contributed by atoms with Crippen molar-refractivity contribution in [2.45, 2.75) is 19.6 Å². The van der Waals surface area contributed by atoms with E-state index < -0.39 is 12.5 Å². The van der Waals surface area contributed by atoms with Crippen LogP contribution >= 0.6 is 0 Å². The quantitative estimate of drug-likeness (QED) is 0.892. The molecule has 0 fully saturated rings. The number of ether oxygens (including phenoxy) is 1. The Bertz CT molecular complexity index is 811.